The first kappa shape index (κ1) is 28.3. The number of nitrogens with one attached hydrogen (secondary N) is 2. The Hall–Kier alpha value is -2.94. The Balaban J connectivity index is 0.000000540. The van der Waals surface area contributed by atoms with Gasteiger partial charge in [0, 0.05) is 38.4 Å². The Kier molecular flexibility index (Phi) is 10.2. The van der Waals surface area contributed by atoms with E-state index in [0.717, 1.165) is 5.56 Å². The first-order valence-electron chi connectivity index (χ1n) is 9.99. The van der Waals surface area contributed by atoms with Gasteiger partial charge in [0.15, 0.2) is 0 Å². The minimum atomic E-state index is -5.08. The van der Waals surface area contributed by atoms with Gasteiger partial charge in [-0.05, 0) is 17.7 Å². The predicted molar refractivity (Wildman–Crippen MR) is 118 cm³/mol. The summed E-state index contributed by atoms with van der Waals surface area (Å²) in [7, 11) is -3.79. The van der Waals surface area contributed by atoms with E-state index in [2.05, 4.69) is 15.0 Å². The molecule has 1 unspecified atom stereocenters. The van der Waals surface area contributed by atoms with Crippen molar-refractivity contribution in [3.8, 4) is 0 Å². The third-order valence-corrected chi connectivity index (χ3v) is 6.36. The maximum atomic E-state index is 12.4. The van der Waals surface area contributed by atoms with Crippen molar-refractivity contribution in [3.63, 3.8) is 0 Å². The summed E-state index contributed by atoms with van der Waals surface area (Å²) in [6, 6.07) is 12.1. The number of carboxylic acids is 1. The Morgan fingerprint density at radius 1 is 1.23 bits per heavy atom. The molecule has 0 bridgehead atoms. The molecule has 3 N–H and O–H groups in total. The van der Waals surface area contributed by atoms with Crippen LogP contribution in [0.1, 0.15) is 5.56 Å². The molecule has 2 aromatic rings. The number of hydrogen-bond donors (Lipinski definition) is 3. The summed E-state index contributed by atoms with van der Waals surface area (Å²) >= 11 is 5.86. The van der Waals surface area contributed by atoms with Gasteiger partial charge < -0.3 is 20.1 Å². The average Bonchev–Trinajstić information content (AvgIpc) is 2.82. The van der Waals surface area contributed by atoms with Crippen LogP contribution in [0.15, 0.2) is 53.6 Å². The quantitative estimate of drug-likeness (QED) is 0.476. The highest BCUT2D eigenvalue weighted by molar-refractivity contribution is 7.89. The van der Waals surface area contributed by atoms with Crippen molar-refractivity contribution < 1.29 is 41.0 Å². The van der Waals surface area contributed by atoms with E-state index in [1.807, 2.05) is 30.3 Å². The van der Waals surface area contributed by atoms with Gasteiger partial charge in [-0.15, -0.1) is 0 Å². The van der Waals surface area contributed by atoms with Gasteiger partial charge in [0.25, 0.3) is 0 Å². The molecule has 1 aromatic heterocycles. The molecule has 0 saturated carbocycles. The van der Waals surface area contributed by atoms with Crippen LogP contribution in [0.5, 0.6) is 0 Å². The van der Waals surface area contributed by atoms with Crippen LogP contribution in [0.25, 0.3) is 0 Å². The van der Waals surface area contributed by atoms with Crippen LogP contribution < -0.4 is 10.0 Å². The molecule has 10 nitrogen and oxygen atoms in total. The van der Waals surface area contributed by atoms with Crippen molar-refractivity contribution in [2.75, 3.05) is 26.2 Å². The van der Waals surface area contributed by atoms with E-state index >= 15 is 0 Å². The number of carboxylic acid groups (broad SMARTS) is 1. The number of aromatic nitrogens is 1. The summed E-state index contributed by atoms with van der Waals surface area (Å²) in [5, 5.41) is 10.2. The number of piperazine rings is 1. The highest BCUT2D eigenvalue weighted by Gasteiger charge is 2.38. The summed E-state index contributed by atoms with van der Waals surface area (Å²) in [4.78, 5) is 26.5. The molecule has 192 valence electrons. The molecule has 1 fully saturated rings. The minimum Gasteiger partial charge on any atom is -0.475 e. The van der Waals surface area contributed by atoms with Gasteiger partial charge in [0.05, 0.1) is 0 Å². The SMILES string of the molecule is O=C(O)C(F)(F)F.O=C(OCc1ccccc1)N1CCNC(CNS(=O)(=O)c2cccnc2Cl)C1. The molecule has 1 aliphatic heterocycles. The second-order valence-electron chi connectivity index (χ2n) is 7.08. The van der Waals surface area contributed by atoms with Gasteiger partial charge in [0.2, 0.25) is 10.0 Å². The lowest BCUT2D eigenvalue weighted by molar-refractivity contribution is -0.192. The fourth-order valence-corrected chi connectivity index (χ4v) is 4.33. The summed E-state index contributed by atoms with van der Waals surface area (Å²) in [5.41, 5.74) is 0.906. The van der Waals surface area contributed by atoms with Gasteiger partial charge in [-0.25, -0.2) is 27.7 Å². The minimum absolute atomic E-state index is 0.0772. The number of aliphatic carboxylic acids is 1. The number of rotatable bonds is 6. The monoisotopic (exact) mass is 538 g/mol. The zero-order chi connectivity index (χ0) is 26.1. The number of carbonyl (C=O) groups excluding carboxylic acids is 1. The second kappa shape index (κ2) is 12.7. The Morgan fingerprint density at radius 3 is 2.49 bits per heavy atom. The van der Waals surface area contributed by atoms with Crippen molar-refractivity contribution in [2.45, 2.75) is 23.7 Å². The van der Waals surface area contributed by atoms with E-state index in [4.69, 9.17) is 26.2 Å². The Bertz CT molecular complexity index is 1110. The Labute approximate surface area is 204 Å². The number of pyridine rings is 1. The van der Waals surface area contributed by atoms with E-state index in [0.29, 0.717) is 19.6 Å². The van der Waals surface area contributed by atoms with Crippen molar-refractivity contribution in [1.29, 1.82) is 0 Å². The lowest BCUT2D eigenvalue weighted by Gasteiger charge is -2.33. The molecule has 0 aliphatic carbocycles. The summed E-state index contributed by atoms with van der Waals surface area (Å²) in [6.45, 7) is 1.67. The normalized spacial score (nSPS) is 16.1. The number of alkyl halides is 3. The lowest BCUT2D eigenvalue weighted by Crippen LogP contribution is -2.56. The third-order valence-electron chi connectivity index (χ3n) is 4.50. The highest BCUT2D eigenvalue weighted by atomic mass is 35.5. The van der Waals surface area contributed by atoms with Gasteiger partial charge in [0.1, 0.15) is 16.7 Å². The topological polar surface area (TPSA) is 138 Å². The molecule has 1 atom stereocenters. The molecule has 1 amide bonds. The van der Waals surface area contributed by atoms with Crippen LogP contribution in [-0.4, -0.2) is 73.9 Å². The van der Waals surface area contributed by atoms with E-state index in [-0.39, 0.29) is 29.2 Å². The molecule has 2 heterocycles. The van der Waals surface area contributed by atoms with E-state index in [9.17, 15) is 26.4 Å². The fraction of sp³-hybridized carbons (Fsp3) is 0.350. The van der Waals surface area contributed by atoms with Gasteiger partial charge >= 0.3 is 18.2 Å². The summed E-state index contributed by atoms with van der Waals surface area (Å²) < 4.78 is 64.4. The zero-order valence-corrected chi connectivity index (χ0v) is 19.6. The van der Waals surface area contributed by atoms with Crippen LogP contribution in [0.3, 0.4) is 0 Å². The van der Waals surface area contributed by atoms with E-state index < -0.39 is 28.3 Å². The maximum absolute atomic E-state index is 12.4. The van der Waals surface area contributed by atoms with Crippen LogP contribution >= 0.6 is 11.6 Å². The molecule has 3 rings (SSSR count). The van der Waals surface area contributed by atoms with Crippen molar-refractivity contribution in [1.82, 2.24) is 19.9 Å². The maximum Gasteiger partial charge on any atom is 0.490 e. The highest BCUT2D eigenvalue weighted by Crippen LogP contribution is 2.17. The number of carbonyl (C=O) groups is 2. The molecule has 15 heteroatoms. The van der Waals surface area contributed by atoms with E-state index in [1.165, 1.54) is 18.3 Å². The van der Waals surface area contributed by atoms with Crippen LogP contribution in [0, 0.1) is 0 Å². The molecule has 1 aromatic carbocycles. The smallest absolute Gasteiger partial charge is 0.475 e. The van der Waals surface area contributed by atoms with Crippen molar-refractivity contribution >= 4 is 33.7 Å². The van der Waals surface area contributed by atoms with Crippen molar-refractivity contribution in [3.05, 3.63) is 59.4 Å². The lowest BCUT2D eigenvalue weighted by atomic mass is 10.2. The summed E-state index contributed by atoms with van der Waals surface area (Å²) in [5.74, 6) is -2.76. The molecule has 1 aliphatic rings. The predicted octanol–water partition coefficient (Wildman–Crippen LogP) is 2.26. The Morgan fingerprint density at radius 2 is 1.89 bits per heavy atom. The molecule has 1 saturated heterocycles. The zero-order valence-electron chi connectivity index (χ0n) is 18.0. The third kappa shape index (κ3) is 9.32. The standard InChI is InChI=1S/C18H21ClN4O4S.C2HF3O2/c19-17-16(7-4-8-21-17)28(25,26)22-11-15-12-23(10-9-20-15)18(24)27-13-14-5-2-1-3-6-14;3-2(4,5)1(6)7/h1-8,15,20,22H,9-13H2;(H,6,7). The molecule has 0 spiro atoms. The van der Waals surface area contributed by atoms with Gasteiger partial charge in [-0.2, -0.15) is 13.2 Å². The number of nitrogens with zero attached hydrogens (tertiary/aromatic N) is 2. The first-order valence-corrected chi connectivity index (χ1v) is 11.9. The van der Waals surface area contributed by atoms with Crippen LogP contribution in [-0.2, 0) is 26.2 Å². The van der Waals surface area contributed by atoms with Gasteiger partial charge in [-0.1, -0.05) is 41.9 Å². The number of sulfonamides is 1. The van der Waals surface area contributed by atoms with Gasteiger partial charge in [-0.3, -0.25) is 0 Å². The van der Waals surface area contributed by atoms with Crippen LogP contribution in [0.2, 0.25) is 5.15 Å². The number of amides is 1. The number of hydrogen-bond acceptors (Lipinski definition) is 7. The fourth-order valence-electron chi connectivity index (χ4n) is 2.80. The van der Waals surface area contributed by atoms with Crippen LogP contribution in [0.4, 0.5) is 18.0 Å². The number of benzene rings is 1. The largest absolute Gasteiger partial charge is 0.490 e. The molecule has 0 radical (unpaired) electrons. The number of ether oxygens (including phenoxy) is 1. The average molecular weight is 539 g/mol. The summed E-state index contributed by atoms with van der Waals surface area (Å²) in [6.07, 6.45) is -4.09. The molecule has 35 heavy (non-hydrogen) atoms. The first-order chi connectivity index (χ1) is 16.4. The number of halogens is 4. The van der Waals surface area contributed by atoms with Crippen molar-refractivity contribution in [2.24, 2.45) is 0 Å². The van der Waals surface area contributed by atoms with E-state index in [1.54, 1.807) is 4.90 Å². The second-order valence-corrected chi connectivity index (χ2v) is 9.18. The molecular formula is C20H22ClF3N4O6S. The molecular weight excluding hydrogens is 517 g/mol.